The normalized spacial score (nSPS) is 15.1. The van der Waals surface area contributed by atoms with Crippen LogP contribution in [0.25, 0.3) is 0 Å². The highest BCUT2D eigenvalue weighted by Crippen LogP contribution is 2.04. The molecule has 4 atom stereocenters. The summed E-state index contributed by atoms with van der Waals surface area (Å²) in [6, 6.07) is -3.22. The van der Waals surface area contributed by atoms with Gasteiger partial charge in [-0.2, -0.15) is 0 Å². The second-order valence-corrected chi connectivity index (χ2v) is 7.42. The van der Waals surface area contributed by atoms with Gasteiger partial charge in [0.05, 0.1) is 18.7 Å². The fourth-order valence-electron chi connectivity index (χ4n) is 2.55. The molecule has 4 unspecified atom stereocenters. The van der Waals surface area contributed by atoms with Crippen molar-refractivity contribution >= 4 is 23.7 Å². The number of carboxylic acids is 1. The zero-order valence-electron chi connectivity index (χ0n) is 17.3. The van der Waals surface area contributed by atoms with Crippen molar-refractivity contribution < 1.29 is 29.4 Å². The first-order valence-electron chi connectivity index (χ1n) is 9.73. The topological polar surface area (TPSA) is 197 Å². The van der Waals surface area contributed by atoms with Crippen molar-refractivity contribution in [2.45, 2.75) is 70.7 Å². The average Bonchev–Trinajstić information content (AvgIpc) is 2.62. The van der Waals surface area contributed by atoms with E-state index in [-0.39, 0.29) is 12.3 Å². The van der Waals surface area contributed by atoms with Crippen molar-refractivity contribution in [3.8, 4) is 0 Å². The largest absolute Gasteiger partial charge is 0.480 e. The fourth-order valence-corrected chi connectivity index (χ4v) is 2.55. The lowest BCUT2D eigenvalue weighted by Crippen LogP contribution is -2.57. The van der Waals surface area contributed by atoms with E-state index in [1.807, 2.05) is 13.8 Å². The van der Waals surface area contributed by atoms with Crippen LogP contribution < -0.4 is 27.4 Å². The third-order valence-corrected chi connectivity index (χ3v) is 4.13. The van der Waals surface area contributed by atoms with Gasteiger partial charge in [-0.1, -0.05) is 13.8 Å². The monoisotopic (exact) mass is 417 g/mol. The van der Waals surface area contributed by atoms with E-state index in [0.29, 0.717) is 25.8 Å². The van der Waals surface area contributed by atoms with Gasteiger partial charge in [0.15, 0.2) is 0 Å². The van der Waals surface area contributed by atoms with Crippen molar-refractivity contribution in [1.29, 1.82) is 0 Å². The van der Waals surface area contributed by atoms with Gasteiger partial charge in [0, 0.05) is 0 Å². The Bertz CT molecular complexity index is 555. The highest BCUT2D eigenvalue weighted by Gasteiger charge is 2.28. The number of hydrogen-bond acceptors (Lipinski definition) is 7. The van der Waals surface area contributed by atoms with Gasteiger partial charge in [0.2, 0.25) is 17.7 Å². The molecule has 0 aliphatic rings. The Kier molecular flexibility index (Phi) is 12.8. The van der Waals surface area contributed by atoms with E-state index in [2.05, 4.69) is 16.0 Å². The minimum atomic E-state index is -1.30. The maximum atomic E-state index is 12.3. The van der Waals surface area contributed by atoms with Gasteiger partial charge < -0.3 is 37.6 Å². The van der Waals surface area contributed by atoms with Gasteiger partial charge in [0.1, 0.15) is 12.1 Å². The minimum absolute atomic E-state index is 0.172. The molecule has 0 fully saturated rings. The Balaban J connectivity index is 4.69. The summed E-state index contributed by atoms with van der Waals surface area (Å²) in [5, 5.41) is 25.9. The first-order chi connectivity index (χ1) is 13.5. The van der Waals surface area contributed by atoms with Crippen LogP contribution in [-0.4, -0.2) is 71.2 Å². The number of nitrogens with one attached hydrogen (secondary N) is 3. The van der Waals surface area contributed by atoms with Gasteiger partial charge in [-0.3, -0.25) is 14.4 Å². The van der Waals surface area contributed by atoms with E-state index in [1.54, 1.807) is 0 Å². The first-order valence-corrected chi connectivity index (χ1v) is 9.73. The number of hydrogen-bond donors (Lipinski definition) is 7. The number of rotatable bonds is 14. The highest BCUT2D eigenvalue weighted by molar-refractivity contribution is 5.92. The molecular weight excluding hydrogens is 382 g/mol. The molecule has 0 aromatic heterocycles. The van der Waals surface area contributed by atoms with Gasteiger partial charge in [-0.15, -0.1) is 0 Å². The Hall–Kier alpha value is -2.24. The lowest BCUT2D eigenvalue weighted by Gasteiger charge is -2.23. The minimum Gasteiger partial charge on any atom is -0.480 e. The SMILES string of the molecule is CC(C)CC(N)C(=O)NC(C(=O)NCC(=O)NC(CCCCN)C(=O)O)C(C)O. The second kappa shape index (κ2) is 13.9. The molecule has 0 aliphatic heterocycles. The van der Waals surface area contributed by atoms with Crippen molar-refractivity contribution in [2.24, 2.45) is 17.4 Å². The quantitative estimate of drug-likeness (QED) is 0.158. The summed E-state index contributed by atoms with van der Waals surface area (Å²) < 4.78 is 0. The van der Waals surface area contributed by atoms with Gasteiger partial charge in [0.25, 0.3) is 0 Å². The fraction of sp³-hybridized carbons (Fsp3) is 0.778. The predicted octanol–water partition coefficient (Wildman–Crippen LogP) is -1.96. The number of nitrogens with two attached hydrogens (primary N) is 2. The number of carboxylic acid groups (broad SMARTS) is 1. The van der Waals surface area contributed by atoms with Crippen LogP contribution in [0.4, 0.5) is 0 Å². The van der Waals surface area contributed by atoms with Crippen molar-refractivity contribution in [3.63, 3.8) is 0 Å². The molecule has 0 radical (unpaired) electrons. The van der Waals surface area contributed by atoms with Crippen molar-refractivity contribution in [1.82, 2.24) is 16.0 Å². The zero-order chi connectivity index (χ0) is 22.6. The van der Waals surface area contributed by atoms with Crippen LogP contribution in [0.15, 0.2) is 0 Å². The maximum Gasteiger partial charge on any atom is 0.326 e. The lowest BCUT2D eigenvalue weighted by atomic mass is 10.0. The summed E-state index contributed by atoms with van der Waals surface area (Å²) in [4.78, 5) is 47.5. The summed E-state index contributed by atoms with van der Waals surface area (Å²) >= 11 is 0. The molecule has 3 amide bonds. The number of carbonyl (C=O) groups is 4. The lowest BCUT2D eigenvalue weighted by molar-refractivity contribution is -0.142. The van der Waals surface area contributed by atoms with Crippen LogP contribution in [0.5, 0.6) is 0 Å². The number of aliphatic carboxylic acids is 1. The van der Waals surface area contributed by atoms with Crippen LogP contribution in [0.2, 0.25) is 0 Å². The van der Waals surface area contributed by atoms with Crippen molar-refractivity contribution in [2.75, 3.05) is 13.1 Å². The Morgan fingerprint density at radius 3 is 2.10 bits per heavy atom. The third-order valence-electron chi connectivity index (χ3n) is 4.13. The molecule has 168 valence electrons. The maximum absolute atomic E-state index is 12.3. The average molecular weight is 418 g/mol. The predicted molar refractivity (Wildman–Crippen MR) is 107 cm³/mol. The summed E-state index contributed by atoms with van der Waals surface area (Å²) in [6.07, 6.45) is 0.559. The standard InChI is InChI=1S/C18H35N5O6/c1-10(2)8-12(20)16(26)23-15(11(3)24)17(27)21-9-14(25)22-13(18(28)29)6-4-5-7-19/h10-13,15,24H,4-9,19-20H2,1-3H3,(H,21,27)(H,22,25)(H,23,26)(H,28,29). The van der Waals surface area contributed by atoms with Crippen LogP contribution in [0.3, 0.4) is 0 Å². The summed E-state index contributed by atoms with van der Waals surface area (Å²) in [5.74, 6) is -3.09. The Morgan fingerprint density at radius 2 is 1.62 bits per heavy atom. The van der Waals surface area contributed by atoms with Gasteiger partial charge in [-0.05, 0) is 45.1 Å². The molecule has 29 heavy (non-hydrogen) atoms. The van der Waals surface area contributed by atoms with Gasteiger partial charge >= 0.3 is 5.97 Å². The summed E-state index contributed by atoms with van der Waals surface area (Å²) in [6.45, 7) is 5.02. The molecule has 0 aromatic carbocycles. The zero-order valence-corrected chi connectivity index (χ0v) is 17.3. The van der Waals surface area contributed by atoms with Crippen molar-refractivity contribution in [3.05, 3.63) is 0 Å². The van der Waals surface area contributed by atoms with E-state index in [0.717, 1.165) is 0 Å². The number of unbranched alkanes of at least 4 members (excludes halogenated alkanes) is 1. The number of aliphatic hydroxyl groups excluding tert-OH is 1. The number of carbonyl (C=O) groups excluding carboxylic acids is 3. The van der Waals surface area contributed by atoms with E-state index in [1.165, 1.54) is 6.92 Å². The van der Waals surface area contributed by atoms with E-state index in [4.69, 9.17) is 16.6 Å². The van der Waals surface area contributed by atoms with Crippen LogP contribution in [0.1, 0.15) is 46.5 Å². The molecule has 9 N–H and O–H groups in total. The summed E-state index contributed by atoms with van der Waals surface area (Å²) in [5.41, 5.74) is 11.1. The van der Waals surface area contributed by atoms with E-state index < -0.39 is 54.5 Å². The molecule has 0 heterocycles. The molecule has 0 aliphatic carbocycles. The molecule has 0 spiro atoms. The summed E-state index contributed by atoms with van der Waals surface area (Å²) in [7, 11) is 0. The first kappa shape index (κ1) is 26.8. The van der Waals surface area contributed by atoms with Crippen LogP contribution >= 0.6 is 0 Å². The molecule has 0 bridgehead atoms. The number of aliphatic hydroxyl groups is 1. The van der Waals surface area contributed by atoms with E-state index >= 15 is 0 Å². The molecule has 0 aromatic rings. The molecule has 0 rings (SSSR count). The van der Waals surface area contributed by atoms with E-state index in [9.17, 15) is 24.3 Å². The van der Waals surface area contributed by atoms with Crippen LogP contribution in [0, 0.1) is 5.92 Å². The smallest absolute Gasteiger partial charge is 0.326 e. The molecular formula is C18H35N5O6. The Labute approximate surface area is 171 Å². The second-order valence-electron chi connectivity index (χ2n) is 7.42. The molecule has 11 heteroatoms. The number of amides is 3. The molecule has 0 saturated heterocycles. The molecule has 11 nitrogen and oxygen atoms in total. The van der Waals surface area contributed by atoms with Crippen LogP contribution in [-0.2, 0) is 19.2 Å². The Morgan fingerprint density at radius 1 is 1.00 bits per heavy atom. The highest BCUT2D eigenvalue weighted by atomic mass is 16.4. The van der Waals surface area contributed by atoms with Gasteiger partial charge in [-0.25, -0.2) is 4.79 Å². The molecule has 0 saturated carbocycles. The third kappa shape index (κ3) is 11.4.